The molecule has 3 unspecified atom stereocenters. The number of hydrogen-bond donors (Lipinski definition) is 1. The smallest absolute Gasteiger partial charge is 0.123 e. The predicted octanol–water partition coefficient (Wildman–Crippen LogP) is 3.50. The fraction of sp³-hybridized carbons (Fsp3) is 0.533. The van der Waals surface area contributed by atoms with E-state index in [2.05, 4.69) is 13.0 Å². The van der Waals surface area contributed by atoms with Crippen LogP contribution in [0, 0.1) is 35.4 Å². The van der Waals surface area contributed by atoms with E-state index in [4.69, 9.17) is 0 Å². The van der Waals surface area contributed by atoms with Gasteiger partial charge >= 0.3 is 0 Å². The van der Waals surface area contributed by atoms with Gasteiger partial charge in [0.05, 0.1) is 17.6 Å². The van der Waals surface area contributed by atoms with Gasteiger partial charge < -0.3 is 5.11 Å². The number of nitrogens with zero attached hydrogens (tertiary/aromatic N) is 1. The Balaban J connectivity index is 2.36. The minimum Gasteiger partial charge on any atom is -0.387 e. The first-order chi connectivity index (χ1) is 8.48. The van der Waals surface area contributed by atoms with Crippen LogP contribution in [0.3, 0.4) is 0 Å². The summed E-state index contributed by atoms with van der Waals surface area (Å²) < 4.78 is 13.1. The summed E-state index contributed by atoms with van der Waals surface area (Å²) in [6.45, 7) is 3.87. The van der Waals surface area contributed by atoms with Crippen molar-refractivity contribution in [3.05, 3.63) is 35.1 Å². The maximum absolute atomic E-state index is 13.1. The van der Waals surface area contributed by atoms with Crippen LogP contribution in [0.4, 0.5) is 4.39 Å². The van der Waals surface area contributed by atoms with E-state index in [1.807, 2.05) is 0 Å². The van der Waals surface area contributed by atoms with E-state index < -0.39 is 11.5 Å². The lowest BCUT2D eigenvalue weighted by molar-refractivity contribution is 0.0641. The Morgan fingerprint density at radius 1 is 1.56 bits per heavy atom. The molecule has 0 aromatic heterocycles. The first-order valence-electron chi connectivity index (χ1n) is 6.34. The molecule has 1 aliphatic carbocycles. The quantitative estimate of drug-likeness (QED) is 0.869. The molecule has 0 saturated heterocycles. The lowest BCUT2D eigenvalue weighted by atomic mass is 9.77. The molecule has 0 bridgehead atoms. The molecule has 0 amide bonds. The van der Waals surface area contributed by atoms with Gasteiger partial charge in [-0.05, 0) is 55.4 Å². The molecule has 0 heterocycles. The second-order valence-corrected chi connectivity index (χ2v) is 5.52. The summed E-state index contributed by atoms with van der Waals surface area (Å²) in [7, 11) is 0. The lowest BCUT2D eigenvalue weighted by Gasteiger charge is -2.28. The fourth-order valence-corrected chi connectivity index (χ4v) is 2.98. The average molecular weight is 247 g/mol. The van der Waals surface area contributed by atoms with E-state index in [1.165, 1.54) is 12.1 Å². The Bertz CT molecular complexity index is 494. The molecule has 1 N–H and O–H groups in total. The molecule has 0 aliphatic heterocycles. The molecule has 18 heavy (non-hydrogen) atoms. The number of aryl methyl sites for hydroxylation is 1. The van der Waals surface area contributed by atoms with E-state index in [9.17, 15) is 14.8 Å². The van der Waals surface area contributed by atoms with Gasteiger partial charge in [-0.15, -0.1) is 0 Å². The van der Waals surface area contributed by atoms with Gasteiger partial charge in [-0.1, -0.05) is 13.0 Å². The van der Waals surface area contributed by atoms with Crippen molar-refractivity contribution in [3.8, 4) is 6.07 Å². The molecule has 2 rings (SSSR count). The molecule has 1 aromatic rings. The topological polar surface area (TPSA) is 44.0 Å². The minimum absolute atomic E-state index is 0.311. The van der Waals surface area contributed by atoms with Crippen LogP contribution in [-0.4, -0.2) is 5.11 Å². The Labute approximate surface area is 107 Å². The van der Waals surface area contributed by atoms with Gasteiger partial charge in [0, 0.05) is 0 Å². The summed E-state index contributed by atoms with van der Waals surface area (Å²) in [5.41, 5.74) is 0.672. The molecule has 3 heteroatoms. The molecule has 1 aliphatic rings. The number of aliphatic hydroxyl groups excluding tert-OH is 1. The van der Waals surface area contributed by atoms with Crippen LogP contribution in [0.1, 0.15) is 43.4 Å². The third kappa shape index (κ3) is 2.13. The number of hydrogen-bond acceptors (Lipinski definition) is 2. The van der Waals surface area contributed by atoms with Crippen molar-refractivity contribution in [1.29, 1.82) is 5.26 Å². The van der Waals surface area contributed by atoms with Gasteiger partial charge in [0.25, 0.3) is 0 Å². The normalized spacial score (nSPS) is 28.9. The number of benzene rings is 1. The molecule has 0 radical (unpaired) electrons. The second-order valence-electron chi connectivity index (χ2n) is 5.52. The Kier molecular flexibility index (Phi) is 3.41. The highest BCUT2D eigenvalue weighted by molar-refractivity contribution is 5.32. The lowest BCUT2D eigenvalue weighted by Crippen LogP contribution is -2.25. The summed E-state index contributed by atoms with van der Waals surface area (Å²) >= 11 is 0. The SMILES string of the molecule is Cc1cc(F)ccc1C(O)C1(C#N)CCC(C)C1. The van der Waals surface area contributed by atoms with Crippen molar-refractivity contribution in [1.82, 2.24) is 0 Å². The molecule has 1 fully saturated rings. The first-order valence-corrected chi connectivity index (χ1v) is 6.34. The Hall–Kier alpha value is -1.40. The van der Waals surface area contributed by atoms with Crippen LogP contribution >= 0.6 is 0 Å². The standard InChI is InChI=1S/C15H18FNO/c1-10-5-6-15(8-10,9-17)14(18)13-4-3-12(16)7-11(13)2/h3-4,7,10,14,18H,5-6,8H2,1-2H3. The maximum atomic E-state index is 13.1. The van der Waals surface area contributed by atoms with E-state index in [0.717, 1.165) is 6.42 Å². The van der Waals surface area contributed by atoms with Gasteiger partial charge in [0.1, 0.15) is 5.82 Å². The first kappa shape index (κ1) is 13.0. The summed E-state index contributed by atoms with van der Waals surface area (Å²) in [5.74, 6) is 0.148. The number of nitriles is 1. The van der Waals surface area contributed by atoms with Gasteiger partial charge in [-0.3, -0.25) is 0 Å². The minimum atomic E-state index is -0.826. The van der Waals surface area contributed by atoms with E-state index in [0.29, 0.717) is 29.9 Å². The largest absolute Gasteiger partial charge is 0.387 e. The number of aliphatic hydroxyl groups is 1. The Morgan fingerprint density at radius 2 is 2.28 bits per heavy atom. The zero-order valence-electron chi connectivity index (χ0n) is 10.8. The van der Waals surface area contributed by atoms with Gasteiger partial charge in [0.15, 0.2) is 0 Å². The highest BCUT2D eigenvalue weighted by Gasteiger charge is 2.44. The third-order valence-electron chi connectivity index (χ3n) is 4.07. The van der Waals surface area contributed by atoms with Crippen LogP contribution in [-0.2, 0) is 0 Å². The molecule has 96 valence electrons. The average Bonchev–Trinajstić information content (AvgIpc) is 2.71. The zero-order valence-corrected chi connectivity index (χ0v) is 10.8. The van der Waals surface area contributed by atoms with Crippen molar-refractivity contribution >= 4 is 0 Å². The van der Waals surface area contributed by atoms with E-state index in [-0.39, 0.29) is 5.82 Å². The van der Waals surface area contributed by atoms with Crippen molar-refractivity contribution < 1.29 is 9.50 Å². The highest BCUT2D eigenvalue weighted by Crippen LogP contribution is 2.49. The van der Waals surface area contributed by atoms with Crippen molar-refractivity contribution in [2.75, 3.05) is 0 Å². The molecule has 3 atom stereocenters. The van der Waals surface area contributed by atoms with Gasteiger partial charge in [-0.2, -0.15) is 5.26 Å². The predicted molar refractivity (Wildman–Crippen MR) is 67.2 cm³/mol. The zero-order chi connectivity index (χ0) is 13.3. The molecule has 1 saturated carbocycles. The van der Waals surface area contributed by atoms with Crippen molar-refractivity contribution in [2.24, 2.45) is 11.3 Å². The van der Waals surface area contributed by atoms with Crippen LogP contribution < -0.4 is 0 Å². The molecule has 1 aromatic carbocycles. The van der Waals surface area contributed by atoms with Crippen molar-refractivity contribution in [2.45, 2.75) is 39.2 Å². The second kappa shape index (κ2) is 4.70. The van der Waals surface area contributed by atoms with Gasteiger partial charge in [0.2, 0.25) is 0 Å². The van der Waals surface area contributed by atoms with Crippen LogP contribution in [0.15, 0.2) is 18.2 Å². The van der Waals surface area contributed by atoms with Gasteiger partial charge in [-0.25, -0.2) is 4.39 Å². The molecule has 2 nitrogen and oxygen atoms in total. The summed E-state index contributed by atoms with van der Waals surface area (Å²) in [4.78, 5) is 0. The van der Waals surface area contributed by atoms with Crippen LogP contribution in [0.25, 0.3) is 0 Å². The van der Waals surface area contributed by atoms with Crippen LogP contribution in [0.5, 0.6) is 0 Å². The third-order valence-corrected chi connectivity index (χ3v) is 4.07. The highest BCUT2D eigenvalue weighted by atomic mass is 19.1. The summed E-state index contributed by atoms with van der Waals surface area (Å²) in [6, 6.07) is 6.65. The molecular weight excluding hydrogens is 229 g/mol. The maximum Gasteiger partial charge on any atom is 0.123 e. The molecule has 0 spiro atoms. The van der Waals surface area contributed by atoms with E-state index >= 15 is 0 Å². The fourth-order valence-electron chi connectivity index (χ4n) is 2.98. The number of halogens is 1. The Morgan fingerprint density at radius 3 is 2.78 bits per heavy atom. The number of rotatable bonds is 2. The summed E-state index contributed by atoms with van der Waals surface area (Å²) in [6.07, 6.45) is 1.56. The molecular formula is C15H18FNO. The van der Waals surface area contributed by atoms with E-state index in [1.54, 1.807) is 13.0 Å². The monoisotopic (exact) mass is 247 g/mol. The van der Waals surface area contributed by atoms with Crippen LogP contribution in [0.2, 0.25) is 0 Å². The van der Waals surface area contributed by atoms with Crippen molar-refractivity contribution in [3.63, 3.8) is 0 Å². The summed E-state index contributed by atoms with van der Waals surface area (Å²) in [5, 5.41) is 19.9.